The maximum atomic E-state index is 11.1. The number of allylic oxidation sites excluding steroid dienone is 1. The Morgan fingerprint density at radius 3 is 2.52 bits per heavy atom. The van der Waals surface area contributed by atoms with Crippen molar-refractivity contribution in [1.29, 1.82) is 0 Å². The van der Waals surface area contributed by atoms with E-state index in [4.69, 9.17) is 4.74 Å². The normalized spacial score (nSPS) is 11.9. The summed E-state index contributed by atoms with van der Waals surface area (Å²) in [5.41, 5.74) is 1.10. The van der Waals surface area contributed by atoms with Crippen LogP contribution in [0.4, 0.5) is 0 Å². The Kier molecular flexibility index (Phi) is 4.58. The van der Waals surface area contributed by atoms with Gasteiger partial charge in [0.1, 0.15) is 5.75 Å². The van der Waals surface area contributed by atoms with E-state index in [2.05, 4.69) is 0 Å². The molecule has 0 aliphatic heterocycles. The zero-order valence-electron chi connectivity index (χ0n) is 12.5. The minimum atomic E-state index is -0.293. The fourth-order valence-corrected chi connectivity index (χ4v) is 2.26. The van der Waals surface area contributed by atoms with Gasteiger partial charge in [-0.1, -0.05) is 32.0 Å². The number of fused-ring (bicyclic) bond motifs is 1. The van der Waals surface area contributed by atoms with Gasteiger partial charge in [0.05, 0.1) is 12.0 Å². The molecule has 21 heavy (non-hydrogen) atoms. The molecular weight excluding hydrogens is 266 g/mol. The lowest BCUT2D eigenvalue weighted by Crippen LogP contribution is -2.02. The predicted molar refractivity (Wildman–Crippen MR) is 84.9 cm³/mol. The molecule has 0 fully saturated rings. The summed E-state index contributed by atoms with van der Waals surface area (Å²) in [4.78, 5) is 10.8. The van der Waals surface area contributed by atoms with Crippen molar-refractivity contribution in [2.45, 2.75) is 20.3 Å². The summed E-state index contributed by atoms with van der Waals surface area (Å²) in [5.74, 6) is 1.06. The largest absolute Gasteiger partial charge is 0.497 e. The number of benzene rings is 2. The predicted octanol–water partition coefficient (Wildman–Crippen LogP) is 4.51. The van der Waals surface area contributed by atoms with E-state index >= 15 is 0 Å². The van der Waals surface area contributed by atoms with Crippen LogP contribution in [0.1, 0.15) is 25.8 Å². The molecule has 0 unspecified atom stereocenters. The molecule has 2 aromatic rings. The Hall–Kier alpha value is -2.36. The van der Waals surface area contributed by atoms with Crippen molar-refractivity contribution < 1.29 is 9.66 Å². The van der Waals surface area contributed by atoms with Crippen LogP contribution in [-0.2, 0) is 0 Å². The van der Waals surface area contributed by atoms with E-state index in [1.165, 1.54) is 0 Å². The van der Waals surface area contributed by atoms with Crippen LogP contribution in [-0.4, -0.2) is 12.0 Å². The van der Waals surface area contributed by atoms with Crippen LogP contribution in [0.3, 0.4) is 0 Å². The zero-order chi connectivity index (χ0) is 15.4. The SMILES string of the molecule is COc1ccc2cc(C=C(CC(C)C)[N+](=O)[O-])ccc2c1. The molecule has 0 saturated carbocycles. The summed E-state index contributed by atoms with van der Waals surface area (Å²) in [6, 6.07) is 11.6. The highest BCUT2D eigenvalue weighted by Crippen LogP contribution is 2.23. The Morgan fingerprint density at radius 2 is 1.90 bits per heavy atom. The van der Waals surface area contributed by atoms with Gasteiger partial charge in [-0.25, -0.2) is 0 Å². The molecule has 0 N–H and O–H groups in total. The molecule has 4 heteroatoms. The van der Waals surface area contributed by atoms with E-state index in [-0.39, 0.29) is 16.5 Å². The van der Waals surface area contributed by atoms with Gasteiger partial charge in [-0.3, -0.25) is 10.1 Å². The Morgan fingerprint density at radius 1 is 1.24 bits per heavy atom. The average molecular weight is 285 g/mol. The first kappa shape index (κ1) is 15.0. The van der Waals surface area contributed by atoms with Crippen molar-refractivity contribution >= 4 is 16.8 Å². The number of hydrogen-bond acceptors (Lipinski definition) is 3. The molecule has 0 bridgehead atoms. The van der Waals surface area contributed by atoms with E-state index in [1.807, 2.05) is 50.2 Å². The van der Waals surface area contributed by atoms with Gasteiger partial charge >= 0.3 is 0 Å². The topological polar surface area (TPSA) is 52.4 Å². The van der Waals surface area contributed by atoms with E-state index in [0.717, 1.165) is 22.1 Å². The number of rotatable bonds is 5. The third-order valence-corrected chi connectivity index (χ3v) is 3.26. The molecule has 0 aliphatic carbocycles. The molecule has 0 spiro atoms. The third kappa shape index (κ3) is 3.81. The maximum absolute atomic E-state index is 11.1. The van der Waals surface area contributed by atoms with Crippen LogP contribution >= 0.6 is 0 Å². The number of methoxy groups -OCH3 is 1. The molecule has 2 rings (SSSR count). The lowest BCUT2D eigenvalue weighted by atomic mass is 10.0. The maximum Gasteiger partial charge on any atom is 0.247 e. The Labute approximate surface area is 124 Å². The van der Waals surface area contributed by atoms with Crippen LogP contribution in [0, 0.1) is 16.0 Å². The molecule has 110 valence electrons. The molecular formula is C17H19NO3. The van der Waals surface area contributed by atoms with Crippen LogP contribution in [0.25, 0.3) is 16.8 Å². The lowest BCUT2D eigenvalue weighted by Gasteiger charge is -2.05. The lowest BCUT2D eigenvalue weighted by molar-refractivity contribution is -0.427. The van der Waals surface area contributed by atoms with Gasteiger partial charge in [-0.15, -0.1) is 0 Å². The fraction of sp³-hybridized carbons (Fsp3) is 0.294. The second-order valence-electron chi connectivity index (χ2n) is 5.46. The van der Waals surface area contributed by atoms with Crippen LogP contribution in [0.15, 0.2) is 42.1 Å². The minimum Gasteiger partial charge on any atom is -0.497 e. The van der Waals surface area contributed by atoms with Gasteiger partial charge < -0.3 is 4.74 Å². The van der Waals surface area contributed by atoms with Crippen LogP contribution < -0.4 is 4.74 Å². The zero-order valence-corrected chi connectivity index (χ0v) is 12.5. The highest BCUT2D eigenvalue weighted by atomic mass is 16.6. The first-order valence-electron chi connectivity index (χ1n) is 6.92. The van der Waals surface area contributed by atoms with E-state index in [9.17, 15) is 10.1 Å². The smallest absolute Gasteiger partial charge is 0.247 e. The molecule has 0 aliphatic rings. The summed E-state index contributed by atoms with van der Waals surface area (Å²) in [7, 11) is 1.63. The standard InChI is InChI=1S/C17H19NO3/c1-12(2)8-16(18(19)20)10-13-4-5-15-11-17(21-3)7-6-14(15)9-13/h4-7,9-12H,8H2,1-3H3. The van der Waals surface area contributed by atoms with E-state index in [0.29, 0.717) is 6.42 Å². The molecule has 0 radical (unpaired) electrons. The molecule has 0 amide bonds. The second-order valence-corrected chi connectivity index (χ2v) is 5.46. The number of nitro groups is 1. The molecule has 0 aromatic heterocycles. The summed E-state index contributed by atoms with van der Waals surface area (Å²) in [6.45, 7) is 3.95. The van der Waals surface area contributed by atoms with Gasteiger partial charge in [-0.05, 0) is 40.5 Å². The fourth-order valence-electron chi connectivity index (χ4n) is 2.26. The van der Waals surface area contributed by atoms with Gasteiger partial charge in [-0.2, -0.15) is 0 Å². The highest BCUT2D eigenvalue weighted by molar-refractivity contribution is 5.86. The van der Waals surface area contributed by atoms with Gasteiger partial charge in [0, 0.05) is 12.5 Å². The number of hydrogen-bond donors (Lipinski definition) is 0. The van der Waals surface area contributed by atoms with Crippen LogP contribution in [0.5, 0.6) is 5.75 Å². The first-order chi connectivity index (χ1) is 9.99. The van der Waals surface area contributed by atoms with Crippen molar-refractivity contribution in [3.05, 3.63) is 57.8 Å². The number of ether oxygens (including phenoxy) is 1. The minimum absolute atomic E-state index is 0.248. The average Bonchev–Trinajstić information content (AvgIpc) is 2.45. The molecule has 0 saturated heterocycles. The van der Waals surface area contributed by atoms with Gasteiger partial charge in [0.2, 0.25) is 5.70 Å². The highest BCUT2D eigenvalue weighted by Gasteiger charge is 2.13. The second kappa shape index (κ2) is 6.39. The summed E-state index contributed by atoms with van der Waals surface area (Å²) < 4.78 is 5.19. The van der Waals surface area contributed by atoms with Crippen molar-refractivity contribution in [3.63, 3.8) is 0 Å². The molecule has 0 atom stereocenters. The Bertz CT molecular complexity index is 689. The monoisotopic (exact) mass is 285 g/mol. The quantitative estimate of drug-likeness (QED) is 0.600. The van der Waals surface area contributed by atoms with E-state index < -0.39 is 0 Å². The van der Waals surface area contributed by atoms with E-state index in [1.54, 1.807) is 13.2 Å². The number of nitrogens with zero attached hydrogens (tertiary/aromatic N) is 1. The molecule has 0 heterocycles. The van der Waals surface area contributed by atoms with Crippen LogP contribution in [0.2, 0.25) is 0 Å². The van der Waals surface area contributed by atoms with Crippen molar-refractivity contribution in [2.75, 3.05) is 7.11 Å². The third-order valence-electron chi connectivity index (χ3n) is 3.26. The molecule has 2 aromatic carbocycles. The summed E-state index contributed by atoms with van der Waals surface area (Å²) in [5, 5.41) is 13.2. The summed E-state index contributed by atoms with van der Waals surface area (Å²) >= 11 is 0. The molecule has 4 nitrogen and oxygen atoms in total. The first-order valence-corrected chi connectivity index (χ1v) is 6.92. The van der Waals surface area contributed by atoms with Gasteiger partial charge in [0.15, 0.2) is 0 Å². The van der Waals surface area contributed by atoms with Crippen molar-refractivity contribution in [1.82, 2.24) is 0 Å². The summed E-state index contributed by atoms with van der Waals surface area (Å²) in [6.07, 6.45) is 2.12. The van der Waals surface area contributed by atoms with Crippen molar-refractivity contribution in [3.8, 4) is 5.75 Å². The van der Waals surface area contributed by atoms with Gasteiger partial charge in [0.25, 0.3) is 0 Å². The van der Waals surface area contributed by atoms with Crippen molar-refractivity contribution in [2.24, 2.45) is 5.92 Å². The Balaban J connectivity index is 2.39.